The van der Waals surface area contributed by atoms with Gasteiger partial charge in [0.05, 0.1) is 23.4 Å². The second kappa shape index (κ2) is 9.04. The van der Waals surface area contributed by atoms with Crippen molar-refractivity contribution in [2.75, 3.05) is 11.5 Å². The number of carbonyl (C=O) groups is 3. The van der Waals surface area contributed by atoms with E-state index in [1.807, 2.05) is 31.2 Å². The van der Waals surface area contributed by atoms with Crippen LogP contribution in [0.2, 0.25) is 0 Å². The highest BCUT2D eigenvalue weighted by molar-refractivity contribution is 7.79. The number of benzene rings is 1. The van der Waals surface area contributed by atoms with Crippen LogP contribution in [0, 0.1) is 0 Å². The van der Waals surface area contributed by atoms with E-state index in [4.69, 9.17) is 9.47 Å². The number of hydrogen-bond donors (Lipinski definition) is 1. The van der Waals surface area contributed by atoms with Crippen LogP contribution >= 0.6 is 12.6 Å². The fourth-order valence-corrected chi connectivity index (χ4v) is 4.25. The first-order valence-corrected chi connectivity index (χ1v) is 11.2. The van der Waals surface area contributed by atoms with E-state index in [-0.39, 0.29) is 12.4 Å². The van der Waals surface area contributed by atoms with Gasteiger partial charge in [0.1, 0.15) is 0 Å². The molecule has 6 nitrogen and oxygen atoms in total. The van der Waals surface area contributed by atoms with Crippen LogP contribution in [0.15, 0.2) is 48.5 Å². The molecule has 0 N–H and O–H groups in total. The van der Waals surface area contributed by atoms with Crippen molar-refractivity contribution in [2.24, 2.45) is 0 Å². The van der Waals surface area contributed by atoms with Crippen molar-refractivity contribution in [3.05, 3.63) is 70.8 Å². The van der Waals surface area contributed by atoms with Gasteiger partial charge in [0, 0.05) is 11.3 Å². The highest BCUT2D eigenvalue weighted by atomic mass is 32.1. The number of thiol groups is 1. The van der Waals surface area contributed by atoms with Crippen molar-refractivity contribution in [1.29, 1.82) is 0 Å². The molecule has 0 saturated heterocycles. The second-order valence-electron chi connectivity index (χ2n) is 7.41. The van der Waals surface area contributed by atoms with Crippen LogP contribution < -0.4 is 9.64 Å². The molecular weight excluding hydrogens is 426 g/mol. The summed E-state index contributed by atoms with van der Waals surface area (Å²) < 4.78 is 10.6. The highest BCUT2D eigenvalue weighted by Gasteiger charge is 2.42. The monoisotopic (exact) mass is 449 g/mol. The zero-order chi connectivity index (χ0) is 22.8. The molecule has 1 aromatic carbocycles. The minimum atomic E-state index is -0.888. The minimum absolute atomic E-state index is 0.138. The largest absolute Gasteiger partial charge is 0.513 e. The summed E-state index contributed by atoms with van der Waals surface area (Å²) in [4.78, 5) is 40.0. The molecular formula is C25H23NO5S. The van der Waals surface area contributed by atoms with E-state index < -0.39 is 18.0 Å². The fourth-order valence-electron chi connectivity index (χ4n) is 4.04. The summed E-state index contributed by atoms with van der Waals surface area (Å²) in [6.45, 7) is 3.83. The van der Waals surface area contributed by atoms with Crippen LogP contribution in [0.25, 0.3) is 11.1 Å². The number of rotatable bonds is 6. The Bertz CT molecular complexity index is 1150. The van der Waals surface area contributed by atoms with E-state index in [0.717, 1.165) is 28.0 Å². The molecule has 2 amide bonds. The predicted molar refractivity (Wildman–Crippen MR) is 125 cm³/mol. The molecule has 0 radical (unpaired) electrons. The molecule has 1 aromatic rings. The van der Waals surface area contributed by atoms with Gasteiger partial charge in [-0.2, -0.15) is 12.6 Å². The molecule has 0 fully saturated rings. The SMILES string of the molecule is CCCc1c2ccc(CS)ccc-2c(OC(=O)OCC)c1N1C(=O)c2ccccc2C1=O. The number of fused-ring (bicyclic) bond motifs is 2. The third-order valence-electron chi connectivity index (χ3n) is 5.44. The Balaban J connectivity index is 1.99. The molecule has 0 aromatic heterocycles. The topological polar surface area (TPSA) is 72.9 Å². The van der Waals surface area contributed by atoms with Crippen LogP contribution in [0.5, 0.6) is 5.75 Å². The Morgan fingerprint density at radius 2 is 1.53 bits per heavy atom. The van der Waals surface area contributed by atoms with Gasteiger partial charge in [-0.3, -0.25) is 9.59 Å². The van der Waals surface area contributed by atoms with Gasteiger partial charge >= 0.3 is 6.16 Å². The maximum Gasteiger partial charge on any atom is 0.513 e. The standard InChI is InChI=1S/C25H23NO5S/c1-3-7-17-16-12-10-15(14-32)11-13-18(16)22(31-25(29)30-4-2)21(17)26-23(27)19-8-5-6-9-20(19)24(26)28/h5-6,8-13,32H,3-4,7,14H2,1-2H3. The Morgan fingerprint density at radius 3 is 2.09 bits per heavy atom. The summed E-state index contributed by atoms with van der Waals surface area (Å²) in [6.07, 6.45) is 0.471. The van der Waals surface area contributed by atoms with Gasteiger partial charge in [-0.1, -0.05) is 49.7 Å². The predicted octanol–water partition coefficient (Wildman–Crippen LogP) is 5.51. The minimum Gasteiger partial charge on any atom is -0.434 e. The maximum absolute atomic E-state index is 13.3. The van der Waals surface area contributed by atoms with Gasteiger partial charge in [0.2, 0.25) is 0 Å². The Labute approximate surface area is 191 Å². The molecule has 32 heavy (non-hydrogen) atoms. The maximum atomic E-state index is 13.3. The van der Waals surface area contributed by atoms with Gasteiger partial charge < -0.3 is 9.47 Å². The Kier molecular flexibility index (Phi) is 6.19. The lowest BCUT2D eigenvalue weighted by molar-refractivity contribution is 0.0915. The van der Waals surface area contributed by atoms with Crippen LogP contribution in [-0.4, -0.2) is 24.6 Å². The zero-order valence-corrected chi connectivity index (χ0v) is 18.8. The average Bonchev–Trinajstić information content (AvgIpc) is 3.08. The van der Waals surface area contributed by atoms with Crippen molar-refractivity contribution in [3.63, 3.8) is 0 Å². The van der Waals surface area contributed by atoms with Crippen molar-refractivity contribution in [1.82, 2.24) is 0 Å². The number of anilines is 1. The number of carbonyl (C=O) groups excluding carboxylic acids is 3. The first-order chi connectivity index (χ1) is 15.5. The van der Waals surface area contributed by atoms with Crippen molar-refractivity contribution < 1.29 is 23.9 Å². The van der Waals surface area contributed by atoms with Crippen LogP contribution in [0.4, 0.5) is 10.5 Å². The first-order valence-electron chi connectivity index (χ1n) is 10.5. The quantitative estimate of drug-likeness (QED) is 0.305. The highest BCUT2D eigenvalue weighted by Crippen LogP contribution is 2.50. The van der Waals surface area contributed by atoms with Gasteiger partial charge in [0.25, 0.3) is 11.8 Å². The molecule has 4 rings (SSSR count). The third kappa shape index (κ3) is 3.62. The molecule has 0 saturated carbocycles. The first kappa shape index (κ1) is 21.9. The molecule has 2 aliphatic carbocycles. The molecule has 0 spiro atoms. The van der Waals surface area contributed by atoms with Crippen molar-refractivity contribution in [2.45, 2.75) is 32.4 Å². The summed E-state index contributed by atoms with van der Waals surface area (Å²) >= 11 is 4.35. The smallest absolute Gasteiger partial charge is 0.434 e. The zero-order valence-electron chi connectivity index (χ0n) is 17.9. The van der Waals surface area contributed by atoms with E-state index >= 15 is 0 Å². The lowest BCUT2D eigenvalue weighted by Crippen LogP contribution is -2.30. The second-order valence-corrected chi connectivity index (χ2v) is 7.73. The van der Waals surface area contributed by atoms with Gasteiger partial charge in [-0.15, -0.1) is 0 Å². The van der Waals surface area contributed by atoms with E-state index in [0.29, 0.717) is 34.6 Å². The molecule has 164 valence electrons. The Hall–Kier alpha value is -3.32. The van der Waals surface area contributed by atoms with E-state index in [2.05, 4.69) is 12.6 Å². The number of ether oxygens (including phenoxy) is 2. The molecule has 0 bridgehead atoms. The van der Waals surface area contributed by atoms with E-state index in [1.165, 1.54) is 0 Å². The summed E-state index contributed by atoms with van der Waals surface area (Å²) in [5.41, 5.74) is 4.16. The number of imide groups is 1. The Morgan fingerprint density at radius 1 is 0.906 bits per heavy atom. The molecule has 3 aliphatic rings. The lowest BCUT2D eigenvalue weighted by Gasteiger charge is -2.17. The van der Waals surface area contributed by atoms with Crippen LogP contribution in [-0.2, 0) is 16.9 Å². The fraction of sp³-hybridized carbons (Fsp3) is 0.240. The van der Waals surface area contributed by atoms with Gasteiger partial charge in [-0.05, 0) is 42.2 Å². The van der Waals surface area contributed by atoms with E-state index in [1.54, 1.807) is 31.2 Å². The molecule has 0 unspecified atom stereocenters. The normalized spacial score (nSPS) is 12.9. The molecule has 1 heterocycles. The van der Waals surface area contributed by atoms with Gasteiger partial charge in [-0.25, -0.2) is 9.69 Å². The molecule has 7 heteroatoms. The average molecular weight is 450 g/mol. The van der Waals surface area contributed by atoms with E-state index in [9.17, 15) is 14.4 Å². The number of nitrogens with zero attached hydrogens (tertiary/aromatic N) is 1. The summed E-state index contributed by atoms with van der Waals surface area (Å²) in [6, 6.07) is 14.3. The van der Waals surface area contributed by atoms with Crippen LogP contribution in [0.3, 0.4) is 0 Å². The van der Waals surface area contributed by atoms with Crippen LogP contribution in [0.1, 0.15) is 52.1 Å². The number of amides is 2. The van der Waals surface area contributed by atoms with Crippen molar-refractivity contribution >= 4 is 36.3 Å². The summed E-state index contributed by atoms with van der Waals surface area (Å²) in [5.74, 6) is -0.183. The summed E-state index contributed by atoms with van der Waals surface area (Å²) in [5, 5.41) is 0. The number of hydrogen-bond acceptors (Lipinski definition) is 6. The molecule has 0 atom stereocenters. The van der Waals surface area contributed by atoms with Crippen molar-refractivity contribution in [3.8, 4) is 16.9 Å². The molecule has 1 aliphatic heterocycles. The third-order valence-corrected chi connectivity index (χ3v) is 5.80. The summed E-state index contributed by atoms with van der Waals surface area (Å²) in [7, 11) is 0. The lowest BCUT2D eigenvalue weighted by atomic mass is 10.1. The van der Waals surface area contributed by atoms with Gasteiger partial charge in [0.15, 0.2) is 5.75 Å².